The highest BCUT2D eigenvalue weighted by molar-refractivity contribution is 6.34. The van der Waals surface area contributed by atoms with Gasteiger partial charge in [0.1, 0.15) is 10.3 Å². The lowest BCUT2D eigenvalue weighted by Crippen LogP contribution is -2.31. The molecule has 0 unspecified atom stereocenters. The summed E-state index contributed by atoms with van der Waals surface area (Å²) in [6.07, 6.45) is 0.740. The molecule has 2 N–H and O–H groups in total. The number of hydrogen-bond donors (Lipinski definition) is 2. The van der Waals surface area contributed by atoms with Crippen molar-refractivity contribution in [2.24, 2.45) is 11.8 Å². The number of carbonyl (C=O) groups is 2. The van der Waals surface area contributed by atoms with Crippen LogP contribution in [0.3, 0.4) is 0 Å². The highest BCUT2D eigenvalue weighted by atomic mass is 35.5. The van der Waals surface area contributed by atoms with Gasteiger partial charge in [-0.15, -0.1) is 0 Å². The number of rotatable bonds is 7. The van der Waals surface area contributed by atoms with Crippen LogP contribution in [0.4, 0.5) is 0 Å². The maximum absolute atomic E-state index is 12.0. The molecule has 7 heteroatoms. The van der Waals surface area contributed by atoms with Crippen molar-refractivity contribution in [2.75, 3.05) is 6.54 Å². The number of carboxylic acid groups (broad SMARTS) is 1. The van der Waals surface area contributed by atoms with E-state index in [1.165, 1.54) is 12.1 Å². The second-order valence-electron chi connectivity index (χ2n) is 5.28. The van der Waals surface area contributed by atoms with Gasteiger partial charge in [0.05, 0.1) is 5.56 Å². The zero-order valence-electron chi connectivity index (χ0n) is 11.9. The summed E-state index contributed by atoms with van der Waals surface area (Å²) in [5.41, 5.74) is 0.222. The van der Waals surface area contributed by atoms with Crippen molar-refractivity contribution in [2.45, 2.75) is 26.7 Å². The molecule has 1 aromatic heterocycles. The third-order valence-corrected chi connectivity index (χ3v) is 3.38. The normalized spacial score (nSPS) is 12.2. The molecule has 0 aliphatic heterocycles. The van der Waals surface area contributed by atoms with E-state index in [-0.39, 0.29) is 40.7 Å². The zero-order chi connectivity index (χ0) is 16.0. The minimum atomic E-state index is -0.874. The molecule has 5 nitrogen and oxygen atoms in total. The Morgan fingerprint density at radius 3 is 2.52 bits per heavy atom. The second kappa shape index (κ2) is 8.20. The van der Waals surface area contributed by atoms with E-state index < -0.39 is 5.97 Å². The molecule has 0 saturated carbocycles. The summed E-state index contributed by atoms with van der Waals surface area (Å²) in [5, 5.41) is 11.8. The van der Waals surface area contributed by atoms with Gasteiger partial charge in [-0.25, -0.2) is 4.98 Å². The van der Waals surface area contributed by atoms with Crippen LogP contribution in [0.2, 0.25) is 10.3 Å². The smallest absolute Gasteiger partial charge is 0.303 e. The van der Waals surface area contributed by atoms with Crippen molar-refractivity contribution in [3.8, 4) is 0 Å². The average Bonchev–Trinajstić information content (AvgIpc) is 2.34. The molecule has 1 amide bonds. The molecule has 1 rings (SSSR count). The predicted octanol–water partition coefficient (Wildman–Crippen LogP) is 3.26. The Morgan fingerprint density at radius 1 is 1.33 bits per heavy atom. The Kier molecular flexibility index (Phi) is 6.92. The summed E-state index contributed by atoms with van der Waals surface area (Å²) in [6, 6.07) is 2.97. The van der Waals surface area contributed by atoms with Crippen LogP contribution in [0.1, 0.15) is 37.0 Å². The number of nitrogens with one attached hydrogen (secondary N) is 1. The van der Waals surface area contributed by atoms with Gasteiger partial charge >= 0.3 is 5.97 Å². The van der Waals surface area contributed by atoms with E-state index in [2.05, 4.69) is 10.3 Å². The SMILES string of the molecule is CC(C)C[C@H](CNC(=O)c1ccc(Cl)nc1Cl)CC(=O)O. The molecule has 0 fully saturated rings. The molecular formula is C14H18Cl2N2O3. The Morgan fingerprint density at radius 2 is 2.00 bits per heavy atom. The number of amides is 1. The van der Waals surface area contributed by atoms with Gasteiger partial charge < -0.3 is 10.4 Å². The molecule has 1 aromatic rings. The van der Waals surface area contributed by atoms with Gasteiger partial charge in [0.25, 0.3) is 5.91 Å². The fourth-order valence-electron chi connectivity index (χ4n) is 2.07. The fraction of sp³-hybridized carbons (Fsp3) is 0.500. The number of hydrogen-bond acceptors (Lipinski definition) is 3. The van der Waals surface area contributed by atoms with Crippen LogP contribution in [-0.2, 0) is 4.79 Å². The molecule has 21 heavy (non-hydrogen) atoms. The molecule has 0 spiro atoms. The van der Waals surface area contributed by atoms with Gasteiger partial charge in [0.15, 0.2) is 0 Å². The lowest BCUT2D eigenvalue weighted by Gasteiger charge is -2.18. The standard InChI is InChI=1S/C14H18Cl2N2O3/c1-8(2)5-9(6-12(19)20)7-17-14(21)10-3-4-11(15)18-13(10)16/h3-4,8-9H,5-7H2,1-2H3,(H,17,21)(H,19,20)/t9-/m0/s1. The van der Waals surface area contributed by atoms with E-state index in [1.807, 2.05) is 13.8 Å². The lowest BCUT2D eigenvalue weighted by atomic mass is 9.94. The molecule has 1 atom stereocenters. The van der Waals surface area contributed by atoms with Gasteiger partial charge in [-0.1, -0.05) is 37.0 Å². The van der Waals surface area contributed by atoms with Crippen LogP contribution < -0.4 is 5.32 Å². The van der Waals surface area contributed by atoms with Crippen molar-refractivity contribution in [1.82, 2.24) is 10.3 Å². The van der Waals surface area contributed by atoms with Crippen LogP contribution in [0.15, 0.2) is 12.1 Å². The van der Waals surface area contributed by atoms with Crippen molar-refractivity contribution >= 4 is 35.1 Å². The quantitative estimate of drug-likeness (QED) is 0.751. The molecule has 0 aromatic carbocycles. The Hall–Kier alpha value is -1.33. The van der Waals surface area contributed by atoms with E-state index >= 15 is 0 Å². The Bertz CT molecular complexity index is 521. The van der Waals surface area contributed by atoms with Crippen LogP contribution in [0.5, 0.6) is 0 Å². The third-order valence-electron chi connectivity index (χ3n) is 2.88. The minimum Gasteiger partial charge on any atom is -0.481 e. The van der Waals surface area contributed by atoms with Crippen molar-refractivity contribution in [1.29, 1.82) is 0 Å². The van der Waals surface area contributed by atoms with E-state index in [0.29, 0.717) is 5.92 Å². The van der Waals surface area contributed by atoms with E-state index in [0.717, 1.165) is 6.42 Å². The largest absolute Gasteiger partial charge is 0.481 e. The first-order chi connectivity index (χ1) is 9.79. The molecule has 0 bridgehead atoms. The fourth-order valence-corrected chi connectivity index (χ4v) is 2.50. The number of halogens is 2. The van der Waals surface area contributed by atoms with Crippen LogP contribution >= 0.6 is 23.2 Å². The van der Waals surface area contributed by atoms with Crippen molar-refractivity contribution in [3.05, 3.63) is 28.0 Å². The molecule has 0 radical (unpaired) electrons. The van der Waals surface area contributed by atoms with E-state index in [4.69, 9.17) is 28.3 Å². The Labute approximate surface area is 133 Å². The number of carbonyl (C=O) groups excluding carboxylic acids is 1. The molecular weight excluding hydrogens is 315 g/mol. The summed E-state index contributed by atoms with van der Waals surface area (Å²) in [6.45, 7) is 4.30. The molecule has 116 valence electrons. The van der Waals surface area contributed by atoms with Gasteiger partial charge in [0, 0.05) is 13.0 Å². The maximum Gasteiger partial charge on any atom is 0.303 e. The molecule has 0 aliphatic carbocycles. The Balaban J connectivity index is 2.65. The van der Waals surface area contributed by atoms with Crippen LogP contribution in [0.25, 0.3) is 0 Å². The zero-order valence-corrected chi connectivity index (χ0v) is 13.4. The topological polar surface area (TPSA) is 79.3 Å². The number of aromatic nitrogens is 1. The van der Waals surface area contributed by atoms with Gasteiger partial charge in [-0.05, 0) is 30.4 Å². The number of nitrogens with zero attached hydrogens (tertiary/aromatic N) is 1. The summed E-state index contributed by atoms with van der Waals surface area (Å²) in [7, 11) is 0. The molecule has 0 saturated heterocycles. The van der Waals surface area contributed by atoms with Gasteiger partial charge in [-0.3, -0.25) is 9.59 Å². The number of pyridine rings is 1. The summed E-state index contributed by atoms with van der Waals surface area (Å²) in [4.78, 5) is 26.7. The van der Waals surface area contributed by atoms with Gasteiger partial charge in [0.2, 0.25) is 0 Å². The summed E-state index contributed by atoms with van der Waals surface area (Å²) >= 11 is 11.5. The monoisotopic (exact) mass is 332 g/mol. The first-order valence-electron chi connectivity index (χ1n) is 6.61. The van der Waals surface area contributed by atoms with Crippen LogP contribution in [0, 0.1) is 11.8 Å². The lowest BCUT2D eigenvalue weighted by molar-refractivity contribution is -0.138. The highest BCUT2D eigenvalue weighted by Crippen LogP contribution is 2.18. The minimum absolute atomic E-state index is 0.0189. The summed E-state index contributed by atoms with van der Waals surface area (Å²) < 4.78 is 0. The van der Waals surface area contributed by atoms with Gasteiger partial charge in [-0.2, -0.15) is 0 Å². The number of carboxylic acids is 1. The molecule has 1 heterocycles. The second-order valence-corrected chi connectivity index (χ2v) is 6.02. The van der Waals surface area contributed by atoms with Crippen molar-refractivity contribution < 1.29 is 14.7 Å². The predicted molar refractivity (Wildman–Crippen MR) is 81.8 cm³/mol. The van der Waals surface area contributed by atoms with E-state index in [1.54, 1.807) is 0 Å². The first-order valence-corrected chi connectivity index (χ1v) is 7.37. The number of aliphatic carboxylic acids is 1. The maximum atomic E-state index is 12.0. The highest BCUT2D eigenvalue weighted by Gasteiger charge is 2.18. The van der Waals surface area contributed by atoms with Crippen LogP contribution in [-0.4, -0.2) is 28.5 Å². The third kappa shape index (κ3) is 6.31. The summed E-state index contributed by atoms with van der Waals surface area (Å²) in [5.74, 6) is -1.03. The molecule has 0 aliphatic rings. The first kappa shape index (κ1) is 17.7. The average molecular weight is 333 g/mol. The van der Waals surface area contributed by atoms with Crippen molar-refractivity contribution in [3.63, 3.8) is 0 Å². The van der Waals surface area contributed by atoms with E-state index in [9.17, 15) is 9.59 Å².